The second kappa shape index (κ2) is 9.14. The highest BCUT2D eigenvalue weighted by molar-refractivity contribution is 6.08. The molecule has 0 atom stereocenters. The number of pyridine rings is 1. The number of fused-ring (bicyclic) bond motifs is 1. The smallest absolute Gasteiger partial charge is 0.163 e. The lowest BCUT2D eigenvalue weighted by molar-refractivity contribution is 0.100. The van der Waals surface area contributed by atoms with Gasteiger partial charge in [0.1, 0.15) is 0 Å². The van der Waals surface area contributed by atoms with Crippen LogP contribution in [0.4, 0.5) is 5.69 Å². The van der Waals surface area contributed by atoms with E-state index in [0.29, 0.717) is 11.1 Å². The summed E-state index contributed by atoms with van der Waals surface area (Å²) in [6, 6.07) is 13.4. The summed E-state index contributed by atoms with van der Waals surface area (Å²) in [6.45, 7) is 8.72. The number of benzene rings is 2. The number of nitrogens with zero attached hydrogens (tertiary/aromatic N) is 1. The van der Waals surface area contributed by atoms with Gasteiger partial charge >= 0.3 is 0 Å². The molecule has 150 valence electrons. The number of carbonyl (C=O) groups excluding carboxylic acids is 2. The number of hydrogen-bond acceptors (Lipinski definition) is 4. The lowest BCUT2D eigenvalue weighted by Gasteiger charge is -2.15. The molecule has 1 heterocycles. The minimum Gasteiger partial charge on any atom is -0.355 e. The number of ketones is 2. The Morgan fingerprint density at radius 3 is 2.30 bits per heavy atom. The molecule has 3 aromatic rings. The zero-order valence-corrected chi connectivity index (χ0v) is 17.4. The van der Waals surface area contributed by atoms with Gasteiger partial charge in [-0.25, -0.2) is 0 Å². The first kappa shape index (κ1) is 20.9. The highest BCUT2D eigenvalue weighted by Crippen LogP contribution is 2.32. The van der Waals surface area contributed by atoms with Crippen LogP contribution in [0.15, 0.2) is 85.2 Å². The van der Waals surface area contributed by atoms with Crippen LogP contribution in [0.3, 0.4) is 0 Å². The fourth-order valence-electron chi connectivity index (χ4n) is 3.20. The van der Waals surface area contributed by atoms with Gasteiger partial charge in [0.2, 0.25) is 0 Å². The van der Waals surface area contributed by atoms with Crippen LogP contribution < -0.4 is 5.32 Å². The Kier molecular flexibility index (Phi) is 6.38. The molecule has 1 aromatic heterocycles. The molecule has 0 saturated carbocycles. The molecular weight excluding hydrogens is 372 g/mol. The Bertz CT molecular complexity index is 1190. The summed E-state index contributed by atoms with van der Waals surface area (Å²) >= 11 is 0. The monoisotopic (exact) mass is 396 g/mol. The molecule has 3 rings (SSSR count). The normalized spacial score (nSPS) is 11.6. The van der Waals surface area contributed by atoms with Crippen LogP contribution in [0.2, 0.25) is 0 Å². The summed E-state index contributed by atoms with van der Waals surface area (Å²) < 4.78 is 0. The van der Waals surface area contributed by atoms with E-state index in [1.54, 1.807) is 19.2 Å². The lowest BCUT2D eigenvalue weighted by atomic mass is 9.99. The minimum atomic E-state index is -0.0636. The molecule has 0 unspecified atom stereocenters. The number of rotatable bonds is 7. The molecule has 0 amide bonds. The van der Waals surface area contributed by atoms with Crippen molar-refractivity contribution in [3.8, 4) is 11.1 Å². The second-order valence-corrected chi connectivity index (χ2v) is 6.93. The van der Waals surface area contributed by atoms with Crippen LogP contribution in [-0.2, 0) is 0 Å². The maximum atomic E-state index is 12.3. The van der Waals surface area contributed by atoms with Gasteiger partial charge in [-0.05, 0) is 50.1 Å². The lowest BCUT2D eigenvalue weighted by Crippen LogP contribution is -2.05. The SMILES string of the molecule is C=C/C=C\C(=C/C)Nc1c(C(C)=O)cnc2ccc(-c3ccc(C(C)=O)cc3)cc12. The predicted octanol–water partition coefficient (Wildman–Crippen LogP) is 6.36. The zero-order chi connectivity index (χ0) is 21.7. The van der Waals surface area contributed by atoms with Gasteiger partial charge in [0.15, 0.2) is 11.6 Å². The van der Waals surface area contributed by atoms with Crippen molar-refractivity contribution in [3.05, 3.63) is 96.4 Å². The molecule has 0 aliphatic heterocycles. The van der Waals surface area contributed by atoms with Gasteiger partial charge in [-0.3, -0.25) is 14.6 Å². The first-order valence-electron chi connectivity index (χ1n) is 9.72. The molecule has 0 saturated heterocycles. The van der Waals surface area contributed by atoms with Gasteiger partial charge < -0.3 is 5.32 Å². The summed E-state index contributed by atoms with van der Waals surface area (Å²) in [5.41, 5.74) is 5.52. The van der Waals surface area contributed by atoms with E-state index in [-0.39, 0.29) is 11.6 Å². The van der Waals surface area contributed by atoms with Crippen molar-refractivity contribution in [2.24, 2.45) is 0 Å². The van der Waals surface area contributed by atoms with E-state index in [1.165, 1.54) is 6.92 Å². The molecule has 0 bridgehead atoms. The summed E-state index contributed by atoms with van der Waals surface area (Å²) in [6.07, 6.45) is 8.97. The summed E-state index contributed by atoms with van der Waals surface area (Å²) in [7, 11) is 0. The first-order valence-corrected chi connectivity index (χ1v) is 9.72. The fourth-order valence-corrected chi connectivity index (χ4v) is 3.20. The van der Waals surface area contributed by atoms with Crippen molar-refractivity contribution in [3.63, 3.8) is 0 Å². The van der Waals surface area contributed by atoms with E-state index in [2.05, 4.69) is 16.9 Å². The number of allylic oxidation sites excluding steroid dienone is 4. The third-order valence-electron chi connectivity index (χ3n) is 4.86. The zero-order valence-electron chi connectivity index (χ0n) is 17.4. The largest absolute Gasteiger partial charge is 0.355 e. The standard InChI is InChI=1S/C26H24N2O2/c1-5-7-8-22(6-2)28-26-23-15-21(20-11-9-19(10-12-20)17(3)29)13-14-25(23)27-16-24(26)18(4)30/h5-16H,1H2,2-4H3,(H,27,28)/b8-7-,22-6+. The van der Waals surface area contributed by atoms with Gasteiger partial charge in [-0.1, -0.05) is 55.1 Å². The molecular formula is C26H24N2O2. The van der Waals surface area contributed by atoms with Crippen molar-refractivity contribution in [2.45, 2.75) is 20.8 Å². The first-order chi connectivity index (χ1) is 14.4. The molecule has 4 nitrogen and oxygen atoms in total. The number of aromatic nitrogens is 1. The third kappa shape index (κ3) is 4.44. The molecule has 2 aromatic carbocycles. The maximum Gasteiger partial charge on any atom is 0.163 e. The van der Waals surface area contributed by atoms with Crippen LogP contribution in [0, 0.1) is 0 Å². The molecule has 0 fully saturated rings. The number of hydrogen-bond donors (Lipinski definition) is 1. The Hall–Kier alpha value is -3.79. The molecule has 30 heavy (non-hydrogen) atoms. The second-order valence-electron chi connectivity index (χ2n) is 6.93. The van der Waals surface area contributed by atoms with Gasteiger partial charge in [0, 0.05) is 22.8 Å². The average Bonchev–Trinajstić information content (AvgIpc) is 2.76. The van der Waals surface area contributed by atoms with E-state index in [4.69, 9.17) is 0 Å². The van der Waals surface area contributed by atoms with Crippen LogP contribution in [0.5, 0.6) is 0 Å². The summed E-state index contributed by atoms with van der Waals surface area (Å²) in [5, 5.41) is 4.23. The Morgan fingerprint density at radius 1 is 1.00 bits per heavy atom. The van der Waals surface area contributed by atoms with Crippen LogP contribution in [-0.4, -0.2) is 16.6 Å². The molecule has 1 N–H and O–H groups in total. The number of anilines is 1. The molecule has 0 radical (unpaired) electrons. The van der Waals surface area contributed by atoms with Crippen molar-refractivity contribution >= 4 is 28.2 Å². The molecule has 0 spiro atoms. The predicted molar refractivity (Wildman–Crippen MR) is 124 cm³/mol. The average molecular weight is 396 g/mol. The van der Waals surface area contributed by atoms with Crippen LogP contribution in [0.25, 0.3) is 22.0 Å². The van der Waals surface area contributed by atoms with Crippen molar-refractivity contribution in [1.82, 2.24) is 4.98 Å². The molecule has 0 aliphatic carbocycles. The number of nitrogens with one attached hydrogen (secondary N) is 1. The topological polar surface area (TPSA) is 59.1 Å². The Balaban J connectivity index is 2.16. The number of carbonyl (C=O) groups is 2. The van der Waals surface area contributed by atoms with E-state index in [1.807, 2.05) is 67.6 Å². The van der Waals surface area contributed by atoms with Gasteiger partial charge in [0.25, 0.3) is 0 Å². The summed E-state index contributed by atoms with van der Waals surface area (Å²) in [4.78, 5) is 28.3. The fraction of sp³-hybridized carbons (Fsp3) is 0.115. The highest BCUT2D eigenvalue weighted by atomic mass is 16.1. The maximum absolute atomic E-state index is 12.3. The van der Waals surface area contributed by atoms with Crippen LogP contribution in [0.1, 0.15) is 41.5 Å². The summed E-state index contributed by atoms with van der Waals surface area (Å²) in [5.74, 6) is -0.0282. The molecule has 0 aliphatic rings. The van der Waals surface area contributed by atoms with Gasteiger partial charge in [0.05, 0.1) is 16.8 Å². The third-order valence-corrected chi connectivity index (χ3v) is 4.86. The van der Waals surface area contributed by atoms with Gasteiger partial charge in [-0.2, -0.15) is 0 Å². The Labute approximate surface area is 176 Å². The van der Waals surface area contributed by atoms with E-state index in [0.717, 1.165) is 33.4 Å². The Morgan fingerprint density at radius 2 is 1.70 bits per heavy atom. The van der Waals surface area contributed by atoms with E-state index in [9.17, 15) is 9.59 Å². The quantitative estimate of drug-likeness (QED) is 0.373. The van der Waals surface area contributed by atoms with Crippen molar-refractivity contribution < 1.29 is 9.59 Å². The number of Topliss-reactive ketones (excluding diaryl/α,β-unsaturated/α-hetero) is 2. The van der Waals surface area contributed by atoms with Crippen LogP contribution >= 0.6 is 0 Å². The minimum absolute atomic E-state index is 0.0355. The van der Waals surface area contributed by atoms with E-state index < -0.39 is 0 Å². The van der Waals surface area contributed by atoms with Gasteiger partial charge in [-0.15, -0.1) is 0 Å². The van der Waals surface area contributed by atoms with Crippen molar-refractivity contribution in [2.75, 3.05) is 5.32 Å². The van der Waals surface area contributed by atoms with Crippen molar-refractivity contribution in [1.29, 1.82) is 0 Å². The van der Waals surface area contributed by atoms with E-state index >= 15 is 0 Å². The molecule has 4 heteroatoms. The highest BCUT2D eigenvalue weighted by Gasteiger charge is 2.14.